The van der Waals surface area contributed by atoms with Crippen LogP contribution in [0.2, 0.25) is 0 Å². The summed E-state index contributed by atoms with van der Waals surface area (Å²) in [7, 11) is 1.91. The lowest BCUT2D eigenvalue weighted by Crippen LogP contribution is -2.50. The van der Waals surface area contributed by atoms with Gasteiger partial charge < -0.3 is 5.32 Å². The van der Waals surface area contributed by atoms with Gasteiger partial charge in [0.15, 0.2) is 0 Å². The molecule has 0 aliphatic carbocycles. The van der Waals surface area contributed by atoms with Crippen molar-refractivity contribution in [1.82, 2.24) is 14.7 Å². The zero-order chi connectivity index (χ0) is 21.1. The molecule has 1 aliphatic rings. The summed E-state index contributed by atoms with van der Waals surface area (Å²) in [5.41, 5.74) is 3.62. The largest absolute Gasteiger partial charge is 0.323 e. The molecule has 1 aliphatic heterocycles. The van der Waals surface area contributed by atoms with E-state index in [1.165, 1.54) is 5.56 Å². The van der Waals surface area contributed by atoms with Gasteiger partial charge in [-0.1, -0.05) is 42.5 Å². The third kappa shape index (κ3) is 4.26. The maximum absolute atomic E-state index is 13.2. The molecule has 2 heterocycles. The van der Waals surface area contributed by atoms with Crippen molar-refractivity contribution in [1.29, 1.82) is 0 Å². The van der Waals surface area contributed by atoms with Gasteiger partial charge in [-0.25, -0.2) is 0 Å². The molecular formula is C23H25N5O2. The van der Waals surface area contributed by atoms with Crippen molar-refractivity contribution in [3.8, 4) is 0 Å². The topological polar surface area (TPSA) is 70.5 Å². The van der Waals surface area contributed by atoms with Crippen LogP contribution in [0.25, 0.3) is 0 Å². The first-order valence-electron chi connectivity index (χ1n) is 9.97. The monoisotopic (exact) mass is 403 g/mol. The number of anilines is 2. The van der Waals surface area contributed by atoms with Gasteiger partial charge in [-0.2, -0.15) is 5.10 Å². The average molecular weight is 403 g/mol. The lowest BCUT2D eigenvalue weighted by atomic mass is 10.1. The van der Waals surface area contributed by atoms with Crippen LogP contribution in [-0.4, -0.2) is 46.1 Å². The summed E-state index contributed by atoms with van der Waals surface area (Å²) in [4.78, 5) is 28.8. The van der Waals surface area contributed by atoms with E-state index in [4.69, 9.17) is 0 Å². The Kier molecular flexibility index (Phi) is 5.63. The smallest absolute Gasteiger partial charge is 0.244 e. The zero-order valence-electron chi connectivity index (χ0n) is 17.2. The predicted molar refractivity (Wildman–Crippen MR) is 116 cm³/mol. The molecule has 0 unspecified atom stereocenters. The van der Waals surface area contributed by atoms with Gasteiger partial charge in [-0.3, -0.25) is 24.1 Å². The molecule has 0 spiro atoms. The standard InChI is InChI=1S/C23H25N5O2/c1-17(23(30)28-16-22(29)25-20-10-6-7-11-21(20)28)26(2)13-19-12-24-27(15-19)14-18-8-4-3-5-9-18/h3-12,15,17H,13-14,16H2,1-2H3,(H,25,29)/t17-/m0/s1. The van der Waals surface area contributed by atoms with Gasteiger partial charge in [-0.15, -0.1) is 0 Å². The lowest BCUT2D eigenvalue weighted by molar-refractivity contribution is -0.125. The summed E-state index contributed by atoms with van der Waals surface area (Å²) in [6, 6.07) is 17.1. The number of aromatic nitrogens is 2. The number of hydrogen-bond donors (Lipinski definition) is 1. The van der Waals surface area contributed by atoms with Crippen molar-refractivity contribution in [2.75, 3.05) is 23.8 Å². The Labute approximate surface area is 175 Å². The third-order valence-corrected chi connectivity index (χ3v) is 5.36. The molecule has 154 valence electrons. The van der Waals surface area contributed by atoms with Crippen molar-refractivity contribution in [3.63, 3.8) is 0 Å². The summed E-state index contributed by atoms with van der Waals surface area (Å²) in [6.45, 7) is 3.19. The van der Waals surface area contributed by atoms with Crippen LogP contribution in [0, 0.1) is 0 Å². The minimum absolute atomic E-state index is 0.0308. The molecule has 3 aromatic rings. The normalized spacial score (nSPS) is 14.4. The second kappa shape index (κ2) is 8.51. The fraction of sp³-hybridized carbons (Fsp3) is 0.261. The molecule has 1 N–H and O–H groups in total. The Morgan fingerprint density at radius 3 is 2.67 bits per heavy atom. The van der Waals surface area contributed by atoms with Crippen LogP contribution in [0.5, 0.6) is 0 Å². The Balaban J connectivity index is 1.42. The second-order valence-corrected chi connectivity index (χ2v) is 7.61. The van der Waals surface area contributed by atoms with Crippen LogP contribution in [0.15, 0.2) is 67.0 Å². The molecule has 4 rings (SSSR count). The van der Waals surface area contributed by atoms with Gasteiger partial charge in [-0.05, 0) is 31.7 Å². The number of amides is 2. The number of para-hydroxylation sites is 2. The molecule has 30 heavy (non-hydrogen) atoms. The molecule has 7 nitrogen and oxygen atoms in total. The number of carbonyl (C=O) groups excluding carboxylic acids is 2. The van der Waals surface area contributed by atoms with Crippen LogP contribution < -0.4 is 10.2 Å². The number of carbonyl (C=O) groups is 2. The van der Waals surface area contributed by atoms with Gasteiger partial charge in [0, 0.05) is 18.3 Å². The van der Waals surface area contributed by atoms with E-state index in [1.807, 2.05) is 78.4 Å². The van der Waals surface area contributed by atoms with E-state index < -0.39 is 0 Å². The highest BCUT2D eigenvalue weighted by molar-refractivity contribution is 6.11. The highest BCUT2D eigenvalue weighted by Gasteiger charge is 2.31. The lowest BCUT2D eigenvalue weighted by Gasteiger charge is -2.33. The van der Waals surface area contributed by atoms with E-state index in [9.17, 15) is 9.59 Å². The number of hydrogen-bond acceptors (Lipinski definition) is 4. The molecule has 0 fully saturated rings. The van der Waals surface area contributed by atoms with Gasteiger partial charge in [0.2, 0.25) is 11.8 Å². The molecule has 0 radical (unpaired) electrons. The van der Waals surface area contributed by atoms with E-state index in [0.717, 1.165) is 11.3 Å². The predicted octanol–water partition coefficient (Wildman–Crippen LogP) is 2.74. The number of nitrogens with zero attached hydrogens (tertiary/aromatic N) is 4. The van der Waals surface area contributed by atoms with Crippen LogP contribution in [-0.2, 0) is 22.7 Å². The number of likely N-dealkylation sites (N-methyl/N-ethyl adjacent to an activating group) is 1. The minimum atomic E-state index is -0.388. The molecular weight excluding hydrogens is 378 g/mol. The van der Waals surface area contributed by atoms with Gasteiger partial charge in [0.1, 0.15) is 6.54 Å². The number of nitrogens with one attached hydrogen (secondary N) is 1. The first-order valence-corrected chi connectivity index (χ1v) is 9.97. The van der Waals surface area contributed by atoms with Crippen LogP contribution >= 0.6 is 0 Å². The summed E-state index contributed by atoms with van der Waals surface area (Å²) in [6.07, 6.45) is 3.84. The number of fused-ring (bicyclic) bond motifs is 1. The minimum Gasteiger partial charge on any atom is -0.323 e. The Bertz CT molecular complexity index is 1050. The molecule has 2 amide bonds. The number of benzene rings is 2. The fourth-order valence-corrected chi connectivity index (χ4v) is 3.61. The Morgan fingerprint density at radius 2 is 1.87 bits per heavy atom. The van der Waals surface area contributed by atoms with Crippen molar-refractivity contribution in [2.24, 2.45) is 0 Å². The molecule has 0 saturated carbocycles. The van der Waals surface area contributed by atoms with E-state index in [-0.39, 0.29) is 24.4 Å². The Morgan fingerprint density at radius 1 is 1.13 bits per heavy atom. The van der Waals surface area contributed by atoms with Gasteiger partial charge >= 0.3 is 0 Å². The molecule has 1 atom stereocenters. The molecule has 2 aromatic carbocycles. The van der Waals surface area contributed by atoms with E-state index >= 15 is 0 Å². The molecule has 0 saturated heterocycles. The van der Waals surface area contributed by atoms with Crippen LogP contribution in [0.4, 0.5) is 11.4 Å². The van der Waals surface area contributed by atoms with Crippen molar-refractivity contribution in [3.05, 3.63) is 78.1 Å². The van der Waals surface area contributed by atoms with E-state index in [2.05, 4.69) is 22.5 Å². The fourth-order valence-electron chi connectivity index (χ4n) is 3.61. The highest BCUT2D eigenvalue weighted by Crippen LogP contribution is 2.29. The summed E-state index contributed by atoms with van der Waals surface area (Å²) < 4.78 is 1.90. The van der Waals surface area contributed by atoms with E-state index in [0.29, 0.717) is 18.8 Å². The molecule has 7 heteroatoms. The van der Waals surface area contributed by atoms with Gasteiger partial charge in [0.25, 0.3) is 0 Å². The van der Waals surface area contributed by atoms with Crippen LogP contribution in [0.3, 0.4) is 0 Å². The molecule has 0 bridgehead atoms. The third-order valence-electron chi connectivity index (χ3n) is 5.36. The van der Waals surface area contributed by atoms with Crippen molar-refractivity contribution in [2.45, 2.75) is 26.1 Å². The second-order valence-electron chi connectivity index (χ2n) is 7.61. The maximum Gasteiger partial charge on any atom is 0.244 e. The number of rotatable bonds is 6. The summed E-state index contributed by atoms with van der Waals surface area (Å²) in [5.74, 6) is -0.282. The maximum atomic E-state index is 13.2. The summed E-state index contributed by atoms with van der Waals surface area (Å²) in [5, 5.41) is 7.26. The summed E-state index contributed by atoms with van der Waals surface area (Å²) >= 11 is 0. The van der Waals surface area contributed by atoms with Crippen LogP contribution in [0.1, 0.15) is 18.1 Å². The highest BCUT2D eigenvalue weighted by atomic mass is 16.2. The first-order chi connectivity index (χ1) is 14.5. The SMILES string of the molecule is C[C@@H](C(=O)N1CC(=O)Nc2ccccc21)N(C)Cc1cnn(Cc2ccccc2)c1. The quantitative estimate of drug-likeness (QED) is 0.687. The van der Waals surface area contributed by atoms with Crippen molar-refractivity contribution < 1.29 is 9.59 Å². The van der Waals surface area contributed by atoms with Gasteiger partial charge in [0.05, 0.1) is 30.2 Å². The zero-order valence-corrected chi connectivity index (χ0v) is 17.2. The molecule has 1 aromatic heterocycles. The van der Waals surface area contributed by atoms with Crippen molar-refractivity contribution >= 4 is 23.2 Å². The first kappa shape index (κ1) is 19.8. The average Bonchev–Trinajstić information content (AvgIpc) is 3.19. The van der Waals surface area contributed by atoms with E-state index in [1.54, 1.807) is 4.90 Å². The Hall–Kier alpha value is -3.45.